The molecule has 4 heterocycles. The first-order valence-corrected chi connectivity index (χ1v) is 15.2. The van der Waals surface area contributed by atoms with Crippen molar-refractivity contribution >= 4 is 51.5 Å². The largest absolute Gasteiger partial charge is 0.368 e. The molecule has 42 heavy (non-hydrogen) atoms. The molecule has 0 aliphatic carbocycles. The van der Waals surface area contributed by atoms with Crippen molar-refractivity contribution in [1.29, 1.82) is 0 Å². The Bertz CT molecular complexity index is 1870. The van der Waals surface area contributed by atoms with Gasteiger partial charge in [-0.3, -0.25) is 23.4 Å². The van der Waals surface area contributed by atoms with Gasteiger partial charge in [0.2, 0.25) is 5.91 Å². The summed E-state index contributed by atoms with van der Waals surface area (Å²) >= 11 is 7.38. The van der Waals surface area contributed by atoms with Gasteiger partial charge in [0.15, 0.2) is 5.16 Å². The van der Waals surface area contributed by atoms with Crippen molar-refractivity contribution in [1.82, 2.24) is 23.8 Å². The van der Waals surface area contributed by atoms with Crippen molar-refractivity contribution in [3.05, 3.63) is 110 Å². The van der Waals surface area contributed by atoms with Crippen LogP contribution in [0.25, 0.3) is 16.6 Å². The van der Waals surface area contributed by atoms with Crippen LogP contribution in [0, 0.1) is 0 Å². The number of anilines is 1. The van der Waals surface area contributed by atoms with Gasteiger partial charge in [-0.05, 0) is 42.8 Å². The van der Waals surface area contributed by atoms with E-state index >= 15 is 0 Å². The van der Waals surface area contributed by atoms with Crippen LogP contribution < -0.4 is 16.0 Å². The topological polar surface area (TPSA) is 92.8 Å². The third-order valence-corrected chi connectivity index (χ3v) is 8.61. The van der Waals surface area contributed by atoms with E-state index in [4.69, 9.17) is 16.6 Å². The molecule has 1 saturated heterocycles. The second-order valence-corrected chi connectivity index (χ2v) is 11.5. The molecule has 9 nitrogen and oxygen atoms in total. The summed E-state index contributed by atoms with van der Waals surface area (Å²) in [5.74, 6) is 0.448. The van der Waals surface area contributed by atoms with Gasteiger partial charge >= 0.3 is 0 Å². The molecular weight excluding hydrogens is 572 g/mol. The Morgan fingerprint density at radius 2 is 1.67 bits per heavy atom. The Morgan fingerprint density at radius 3 is 2.48 bits per heavy atom. The molecule has 0 unspecified atom stereocenters. The molecule has 1 aliphatic rings. The molecule has 0 saturated carbocycles. The van der Waals surface area contributed by atoms with Crippen LogP contribution in [0.4, 0.5) is 5.69 Å². The van der Waals surface area contributed by atoms with Crippen molar-refractivity contribution in [3.63, 3.8) is 0 Å². The fourth-order valence-electron chi connectivity index (χ4n) is 5.19. The predicted octanol–water partition coefficient (Wildman–Crippen LogP) is 4.48. The van der Waals surface area contributed by atoms with Crippen LogP contribution in [0.2, 0.25) is 5.02 Å². The van der Waals surface area contributed by atoms with E-state index in [0.717, 1.165) is 13.1 Å². The summed E-state index contributed by atoms with van der Waals surface area (Å²) in [6.07, 6.45) is 2.40. The number of hydrogen-bond donors (Lipinski definition) is 0. The van der Waals surface area contributed by atoms with Crippen molar-refractivity contribution in [2.75, 3.05) is 31.1 Å². The molecule has 0 N–H and O–H groups in total. The summed E-state index contributed by atoms with van der Waals surface area (Å²) in [6.45, 7) is 3.31. The summed E-state index contributed by atoms with van der Waals surface area (Å²) in [7, 11) is 0. The average Bonchev–Trinajstić information content (AvgIpc) is 3.02. The number of para-hydroxylation sites is 2. The Hall–Kier alpha value is -4.15. The Balaban J connectivity index is 1.14. The first kappa shape index (κ1) is 28.0. The third kappa shape index (κ3) is 6.05. The summed E-state index contributed by atoms with van der Waals surface area (Å²) in [6, 6.07) is 22.3. The molecule has 1 amide bonds. The minimum Gasteiger partial charge on any atom is -0.368 e. The Labute approximate surface area is 251 Å². The van der Waals surface area contributed by atoms with Gasteiger partial charge in [-0.2, -0.15) is 0 Å². The zero-order chi connectivity index (χ0) is 29.1. The molecule has 214 valence electrons. The zero-order valence-corrected chi connectivity index (χ0v) is 24.4. The lowest BCUT2D eigenvalue weighted by atomic mass is 10.2. The van der Waals surface area contributed by atoms with Gasteiger partial charge in [0.1, 0.15) is 5.65 Å². The number of pyridine rings is 1. The Morgan fingerprint density at radius 1 is 0.905 bits per heavy atom. The maximum absolute atomic E-state index is 13.5. The minimum atomic E-state index is -0.231. The van der Waals surface area contributed by atoms with Crippen molar-refractivity contribution in [2.45, 2.75) is 30.3 Å². The van der Waals surface area contributed by atoms with E-state index in [2.05, 4.69) is 22.0 Å². The van der Waals surface area contributed by atoms with E-state index < -0.39 is 0 Å². The predicted molar refractivity (Wildman–Crippen MR) is 167 cm³/mol. The van der Waals surface area contributed by atoms with E-state index in [1.165, 1.54) is 34.1 Å². The highest BCUT2D eigenvalue weighted by atomic mass is 35.5. The number of hydrogen-bond acceptors (Lipinski definition) is 7. The van der Waals surface area contributed by atoms with Crippen LogP contribution in [0.5, 0.6) is 0 Å². The lowest BCUT2D eigenvalue weighted by molar-refractivity contribution is -0.131. The molecule has 1 fully saturated rings. The number of nitrogens with zero attached hydrogens (tertiary/aromatic N) is 6. The van der Waals surface area contributed by atoms with E-state index in [0.29, 0.717) is 70.7 Å². The van der Waals surface area contributed by atoms with Gasteiger partial charge in [-0.15, -0.1) is 0 Å². The number of carbonyl (C=O) groups is 1. The maximum atomic E-state index is 13.5. The molecule has 0 bridgehead atoms. The quantitative estimate of drug-likeness (QED) is 0.192. The molecule has 5 aromatic rings. The molecular formula is C31H29ClN6O3S. The van der Waals surface area contributed by atoms with Crippen LogP contribution >= 0.6 is 23.4 Å². The van der Waals surface area contributed by atoms with Gasteiger partial charge in [0.25, 0.3) is 11.1 Å². The molecule has 6 rings (SSSR count). The SMILES string of the molecule is O=C(CCCn1c(SCc2cc(=O)n3cc(Cl)ccc3n2)nc2ccccc2c1=O)N1CCN(c2ccccc2)CC1. The lowest BCUT2D eigenvalue weighted by Crippen LogP contribution is -2.48. The first-order valence-electron chi connectivity index (χ1n) is 13.8. The number of rotatable bonds is 8. The lowest BCUT2D eigenvalue weighted by Gasteiger charge is -2.36. The Kier molecular flexibility index (Phi) is 8.25. The van der Waals surface area contributed by atoms with Gasteiger partial charge in [-0.25, -0.2) is 9.97 Å². The number of piperazine rings is 1. The normalized spacial score (nSPS) is 13.6. The van der Waals surface area contributed by atoms with Crippen LogP contribution in [0.1, 0.15) is 18.5 Å². The fourth-order valence-corrected chi connectivity index (χ4v) is 6.27. The smallest absolute Gasteiger partial charge is 0.262 e. The molecule has 3 aromatic heterocycles. The molecule has 1 aliphatic heterocycles. The summed E-state index contributed by atoms with van der Waals surface area (Å²) in [4.78, 5) is 52.7. The first-order chi connectivity index (χ1) is 20.5. The average molecular weight is 601 g/mol. The number of benzene rings is 2. The highest BCUT2D eigenvalue weighted by Crippen LogP contribution is 2.22. The standard InChI is InChI=1S/C31H29ClN6O3S/c32-22-12-13-27-33-23(19-29(40)38(27)20-22)21-42-31-34-26-10-5-4-9-25(26)30(41)37(31)14-6-11-28(39)36-17-15-35(16-18-36)24-7-2-1-3-8-24/h1-5,7-10,12-13,19-20H,6,11,14-18,21H2. The van der Waals surface area contributed by atoms with Crippen molar-refractivity contribution < 1.29 is 4.79 Å². The molecule has 0 radical (unpaired) electrons. The summed E-state index contributed by atoms with van der Waals surface area (Å²) in [5, 5.41) is 1.51. The van der Waals surface area contributed by atoms with Gasteiger partial charge in [0.05, 0.1) is 21.6 Å². The second kappa shape index (κ2) is 12.4. The number of thioether (sulfide) groups is 1. The molecule has 0 spiro atoms. The number of amides is 1. The zero-order valence-electron chi connectivity index (χ0n) is 22.9. The third-order valence-electron chi connectivity index (χ3n) is 7.38. The van der Waals surface area contributed by atoms with E-state index in [-0.39, 0.29) is 17.0 Å². The van der Waals surface area contributed by atoms with E-state index in [1.54, 1.807) is 22.8 Å². The highest BCUT2D eigenvalue weighted by Gasteiger charge is 2.21. The fraction of sp³-hybridized carbons (Fsp3) is 0.258. The van der Waals surface area contributed by atoms with E-state index in [9.17, 15) is 14.4 Å². The van der Waals surface area contributed by atoms with E-state index in [1.807, 2.05) is 41.3 Å². The van der Waals surface area contributed by atoms with Crippen LogP contribution in [-0.4, -0.2) is 55.9 Å². The number of carbonyl (C=O) groups excluding carboxylic acids is 1. The van der Waals surface area contributed by atoms with Crippen LogP contribution in [0.15, 0.2) is 93.7 Å². The van der Waals surface area contributed by atoms with Gasteiger partial charge in [-0.1, -0.05) is 53.7 Å². The number of halogens is 1. The molecule has 2 aromatic carbocycles. The van der Waals surface area contributed by atoms with Gasteiger partial charge in [0, 0.05) is 62.8 Å². The van der Waals surface area contributed by atoms with Crippen LogP contribution in [-0.2, 0) is 17.1 Å². The summed E-state index contributed by atoms with van der Waals surface area (Å²) < 4.78 is 3.04. The number of aromatic nitrogens is 4. The highest BCUT2D eigenvalue weighted by molar-refractivity contribution is 7.98. The summed E-state index contributed by atoms with van der Waals surface area (Å²) in [5.41, 5.74) is 2.47. The van der Waals surface area contributed by atoms with Crippen LogP contribution in [0.3, 0.4) is 0 Å². The maximum Gasteiger partial charge on any atom is 0.262 e. The molecule has 0 atom stereocenters. The molecule has 11 heteroatoms. The minimum absolute atomic E-state index is 0.0969. The van der Waals surface area contributed by atoms with Crippen molar-refractivity contribution in [2.24, 2.45) is 0 Å². The van der Waals surface area contributed by atoms with Gasteiger partial charge < -0.3 is 9.80 Å². The monoisotopic (exact) mass is 600 g/mol. The van der Waals surface area contributed by atoms with Crippen molar-refractivity contribution in [3.8, 4) is 0 Å². The second-order valence-electron chi connectivity index (χ2n) is 10.1. The number of fused-ring (bicyclic) bond motifs is 2.